The van der Waals surface area contributed by atoms with Crippen molar-refractivity contribution < 1.29 is 26.7 Å². The van der Waals surface area contributed by atoms with Crippen LogP contribution in [0.3, 0.4) is 0 Å². The summed E-state index contributed by atoms with van der Waals surface area (Å²) in [4.78, 5) is 7.84. The molecule has 24 heavy (non-hydrogen) atoms. The summed E-state index contributed by atoms with van der Waals surface area (Å²) in [6, 6.07) is 4.42. The Morgan fingerprint density at radius 1 is 1.25 bits per heavy atom. The maximum atomic E-state index is 13.4. The molecule has 0 saturated heterocycles. The molecule has 2 aromatic heterocycles. The number of oxazole rings is 1. The van der Waals surface area contributed by atoms with Gasteiger partial charge in [0.1, 0.15) is 5.52 Å². The van der Waals surface area contributed by atoms with Gasteiger partial charge in [0, 0.05) is 6.20 Å². The highest BCUT2D eigenvalue weighted by Crippen LogP contribution is 2.35. The zero-order valence-electron chi connectivity index (χ0n) is 12.0. The van der Waals surface area contributed by atoms with Gasteiger partial charge >= 0.3 is 6.18 Å². The van der Waals surface area contributed by atoms with E-state index in [1.165, 1.54) is 24.5 Å². The van der Waals surface area contributed by atoms with E-state index in [4.69, 9.17) is 9.15 Å². The van der Waals surface area contributed by atoms with Crippen LogP contribution in [0.4, 0.5) is 17.6 Å². The van der Waals surface area contributed by atoms with Gasteiger partial charge in [0.05, 0.1) is 17.3 Å². The van der Waals surface area contributed by atoms with E-state index in [1.807, 2.05) is 0 Å². The van der Waals surface area contributed by atoms with Crippen molar-refractivity contribution in [3.63, 3.8) is 0 Å². The zero-order chi connectivity index (χ0) is 17.3. The SMILES string of the molecule is C=CC(F)Oc1cnccc1-c1nc2cc(C(F)(F)F)ccc2o1. The minimum Gasteiger partial charge on any atom is -0.454 e. The summed E-state index contributed by atoms with van der Waals surface area (Å²) >= 11 is 0. The number of benzene rings is 1. The number of alkyl halides is 4. The molecule has 124 valence electrons. The van der Waals surface area contributed by atoms with Crippen LogP contribution in [0.25, 0.3) is 22.6 Å². The second-order valence-corrected chi connectivity index (χ2v) is 4.78. The van der Waals surface area contributed by atoms with Gasteiger partial charge in [-0.1, -0.05) is 6.58 Å². The molecule has 3 aromatic rings. The summed E-state index contributed by atoms with van der Waals surface area (Å²) in [5.74, 6) is 0.0329. The Kier molecular flexibility index (Phi) is 3.96. The minimum atomic E-state index is -4.48. The van der Waals surface area contributed by atoms with Crippen molar-refractivity contribution in [2.24, 2.45) is 0 Å². The summed E-state index contributed by atoms with van der Waals surface area (Å²) in [5, 5.41) is 0. The van der Waals surface area contributed by atoms with Gasteiger partial charge in [0.2, 0.25) is 5.89 Å². The summed E-state index contributed by atoms with van der Waals surface area (Å²) in [6.07, 6.45) is -2.66. The number of hydrogen-bond donors (Lipinski definition) is 0. The number of rotatable bonds is 4. The third kappa shape index (κ3) is 3.08. The average molecular weight is 338 g/mol. The fourth-order valence-electron chi connectivity index (χ4n) is 2.04. The second kappa shape index (κ2) is 5.95. The molecule has 0 bridgehead atoms. The van der Waals surface area contributed by atoms with E-state index >= 15 is 0 Å². The summed E-state index contributed by atoms with van der Waals surface area (Å²) in [5.41, 5.74) is -0.375. The highest BCUT2D eigenvalue weighted by Gasteiger charge is 2.31. The van der Waals surface area contributed by atoms with Gasteiger partial charge in [-0.15, -0.1) is 0 Å². The van der Waals surface area contributed by atoms with E-state index in [-0.39, 0.29) is 28.3 Å². The van der Waals surface area contributed by atoms with Crippen molar-refractivity contribution in [3.8, 4) is 17.2 Å². The van der Waals surface area contributed by atoms with E-state index in [2.05, 4.69) is 16.5 Å². The molecule has 0 N–H and O–H groups in total. The third-order valence-electron chi connectivity index (χ3n) is 3.15. The van der Waals surface area contributed by atoms with Crippen LogP contribution in [0.1, 0.15) is 5.56 Å². The second-order valence-electron chi connectivity index (χ2n) is 4.78. The Bertz CT molecular complexity index is 889. The van der Waals surface area contributed by atoms with Crippen LogP contribution < -0.4 is 4.74 Å². The standard InChI is InChI=1S/C16H10F4N2O2/c1-2-14(17)23-13-8-21-6-5-10(13)15-22-11-7-9(16(18,19)20)3-4-12(11)24-15/h2-8,14H,1H2. The number of aromatic nitrogens is 2. The summed E-state index contributed by atoms with van der Waals surface area (Å²) in [6.45, 7) is 3.26. The lowest BCUT2D eigenvalue weighted by molar-refractivity contribution is -0.137. The van der Waals surface area contributed by atoms with E-state index in [0.717, 1.165) is 18.2 Å². The highest BCUT2D eigenvalue weighted by molar-refractivity contribution is 5.78. The van der Waals surface area contributed by atoms with Crippen molar-refractivity contribution in [3.05, 3.63) is 54.9 Å². The fourth-order valence-corrected chi connectivity index (χ4v) is 2.04. The Morgan fingerprint density at radius 3 is 2.75 bits per heavy atom. The Hall–Kier alpha value is -2.90. The summed E-state index contributed by atoms with van der Waals surface area (Å²) in [7, 11) is 0. The van der Waals surface area contributed by atoms with Crippen molar-refractivity contribution in [1.29, 1.82) is 0 Å². The first kappa shape index (κ1) is 16.0. The van der Waals surface area contributed by atoms with Crippen LogP contribution in [-0.4, -0.2) is 16.3 Å². The molecule has 1 unspecified atom stereocenters. The number of halogens is 4. The molecule has 0 aliphatic rings. The highest BCUT2D eigenvalue weighted by atomic mass is 19.4. The topological polar surface area (TPSA) is 48.2 Å². The van der Waals surface area contributed by atoms with Crippen LogP contribution in [0.5, 0.6) is 5.75 Å². The molecule has 1 atom stereocenters. The normalized spacial score (nSPS) is 13.0. The van der Waals surface area contributed by atoms with Gasteiger partial charge < -0.3 is 9.15 Å². The van der Waals surface area contributed by atoms with Crippen molar-refractivity contribution >= 4 is 11.1 Å². The molecule has 1 aromatic carbocycles. The van der Waals surface area contributed by atoms with Crippen LogP contribution in [0, 0.1) is 0 Å². The molecule has 4 nitrogen and oxygen atoms in total. The minimum absolute atomic E-state index is 0.00186. The lowest BCUT2D eigenvalue weighted by Crippen LogP contribution is -2.06. The number of hydrogen-bond acceptors (Lipinski definition) is 4. The van der Waals surface area contributed by atoms with Crippen LogP contribution in [0.15, 0.2) is 53.7 Å². The third-order valence-corrected chi connectivity index (χ3v) is 3.15. The van der Waals surface area contributed by atoms with E-state index in [9.17, 15) is 17.6 Å². The van der Waals surface area contributed by atoms with Gasteiger partial charge in [-0.2, -0.15) is 17.6 Å². The Morgan fingerprint density at radius 2 is 2.04 bits per heavy atom. The predicted octanol–water partition coefficient (Wildman–Crippen LogP) is 4.77. The Balaban J connectivity index is 2.06. The molecule has 0 aliphatic carbocycles. The van der Waals surface area contributed by atoms with Gasteiger partial charge in [0.25, 0.3) is 6.36 Å². The first-order chi connectivity index (χ1) is 11.4. The molecule has 0 radical (unpaired) electrons. The first-order valence-corrected chi connectivity index (χ1v) is 6.74. The molecule has 3 rings (SSSR count). The molecular formula is C16H10F4N2O2. The smallest absolute Gasteiger partial charge is 0.416 e. The van der Waals surface area contributed by atoms with Crippen molar-refractivity contribution in [1.82, 2.24) is 9.97 Å². The zero-order valence-corrected chi connectivity index (χ0v) is 12.0. The molecule has 0 fully saturated rings. The van der Waals surface area contributed by atoms with Gasteiger partial charge in [0.15, 0.2) is 11.3 Å². The summed E-state index contributed by atoms with van der Waals surface area (Å²) < 4.78 is 62.1. The maximum Gasteiger partial charge on any atom is 0.416 e. The van der Waals surface area contributed by atoms with Crippen LogP contribution >= 0.6 is 0 Å². The number of fused-ring (bicyclic) bond motifs is 1. The van der Waals surface area contributed by atoms with Gasteiger partial charge in [-0.3, -0.25) is 4.98 Å². The molecule has 0 amide bonds. The predicted molar refractivity (Wildman–Crippen MR) is 78.0 cm³/mol. The number of ether oxygens (including phenoxy) is 1. The molecule has 2 heterocycles. The number of pyridine rings is 1. The monoisotopic (exact) mass is 338 g/mol. The molecule has 0 aliphatic heterocycles. The largest absolute Gasteiger partial charge is 0.454 e. The number of nitrogens with zero attached hydrogens (tertiary/aromatic N) is 2. The Labute approximate surface area is 133 Å². The van der Waals surface area contributed by atoms with E-state index < -0.39 is 18.1 Å². The lowest BCUT2D eigenvalue weighted by Gasteiger charge is -2.09. The van der Waals surface area contributed by atoms with Crippen molar-refractivity contribution in [2.75, 3.05) is 0 Å². The fraction of sp³-hybridized carbons (Fsp3) is 0.125. The van der Waals surface area contributed by atoms with E-state index in [1.54, 1.807) is 0 Å². The van der Waals surface area contributed by atoms with Crippen LogP contribution in [-0.2, 0) is 6.18 Å². The van der Waals surface area contributed by atoms with E-state index in [0.29, 0.717) is 0 Å². The lowest BCUT2D eigenvalue weighted by atomic mass is 10.2. The first-order valence-electron chi connectivity index (χ1n) is 6.74. The molecule has 0 saturated carbocycles. The van der Waals surface area contributed by atoms with Gasteiger partial charge in [-0.05, 0) is 30.3 Å². The molecule has 0 spiro atoms. The molecular weight excluding hydrogens is 328 g/mol. The van der Waals surface area contributed by atoms with Crippen molar-refractivity contribution in [2.45, 2.75) is 12.5 Å². The quantitative estimate of drug-likeness (QED) is 0.508. The molecule has 8 heteroatoms. The average Bonchev–Trinajstić information content (AvgIpc) is 2.97. The maximum absolute atomic E-state index is 13.4. The van der Waals surface area contributed by atoms with Crippen LogP contribution in [0.2, 0.25) is 0 Å². The van der Waals surface area contributed by atoms with Gasteiger partial charge in [-0.25, -0.2) is 4.98 Å².